The van der Waals surface area contributed by atoms with Crippen molar-refractivity contribution < 1.29 is 24.2 Å². The van der Waals surface area contributed by atoms with E-state index in [1.54, 1.807) is 42.6 Å². The average molecular weight is 406 g/mol. The number of aliphatic hydroxyl groups is 1. The number of nitrogens with two attached hydrogens (primary N) is 1. The summed E-state index contributed by atoms with van der Waals surface area (Å²) >= 11 is 0. The van der Waals surface area contributed by atoms with Gasteiger partial charge in [-0.25, -0.2) is 14.3 Å². The van der Waals surface area contributed by atoms with Crippen LogP contribution in [0.5, 0.6) is 11.5 Å². The van der Waals surface area contributed by atoms with Gasteiger partial charge in [-0.2, -0.15) is 5.10 Å². The van der Waals surface area contributed by atoms with Crippen molar-refractivity contribution in [1.29, 1.82) is 0 Å². The van der Waals surface area contributed by atoms with E-state index in [-0.39, 0.29) is 35.8 Å². The van der Waals surface area contributed by atoms with Gasteiger partial charge in [-0.3, -0.25) is 4.79 Å². The lowest BCUT2D eigenvalue weighted by Gasteiger charge is -2.16. The van der Waals surface area contributed by atoms with Crippen molar-refractivity contribution in [3.05, 3.63) is 66.1 Å². The monoisotopic (exact) mass is 406 g/mol. The van der Waals surface area contributed by atoms with Crippen LogP contribution in [0.1, 0.15) is 27.1 Å². The van der Waals surface area contributed by atoms with Gasteiger partial charge in [0, 0.05) is 25.4 Å². The Hall–Kier alpha value is -3.98. The average Bonchev–Trinajstić information content (AvgIpc) is 3.18. The van der Waals surface area contributed by atoms with Gasteiger partial charge < -0.3 is 20.3 Å². The number of hydrogen-bond acceptors (Lipinski definition) is 7. The second-order valence-electron chi connectivity index (χ2n) is 6.43. The number of primary amides is 1. The van der Waals surface area contributed by atoms with Crippen molar-refractivity contribution in [3.8, 4) is 11.5 Å². The number of aromatic nitrogens is 3. The first-order valence-electron chi connectivity index (χ1n) is 9.20. The first-order valence-corrected chi connectivity index (χ1v) is 9.20. The van der Waals surface area contributed by atoms with E-state index < -0.39 is 11.9 Å². The maximum Gasteiger partial charge on any atom is 0.349 e. The molecule has 0 unspecified atom stereocenters. The number of hydrogen-bond donors (Lipinski definition) is 2. The standard InChI is InChI=1S/C21H18N4O5/c22-19(27)17-14-6-2-1-5-13(14)11-16(29-10-4-9-26)18(17)30-21(28)15-12-24-25-8-3-7-23-20(15)25/h1-3,5-8,11-12,26H,4,9-10H2,(H2,22,27). The van der Waals surface area contributed by atoms with E-state index in [0.717, 1.165) is 0 Å². The van der Waals surface area contributed by atoms with Crippen LogP contribution in [0, 0.1) is 0 Å². The van der Waals surface area contributed by atoms with E-state index >= 15 is 0 Å². The van der Waals surface area contributed by atoms with Crippen LogP contribution in [0.4, 0.5) is 0 Å². The molecule has 1 amide bonds. The minimum Gasteiger partial charge on any atom is -0.490 e. The van der Waals surface area contributed by atoms with Crippen LogP contribution in [-0.2, 0) is 0 Å². The molecule has 30 heavy (non-hydrogen) atoms. The molecule has 2 aromatic carbocycles. The fourth-order valence-electron chi connectivity index (χ4n) is 3.12. The number of carbonyl (C=O) groups excluding carboxylic acids is 2. The van der Waals surface area contributed by atoms with Gasteiger partial charge in [0.15, 0.2) is 17.1 Å². The van der Waals surface area contributed by atoms with Gasteiger partial charge in [-0.1, -0.05) is 24.3 Å². The van der Waals surface area contributed by atoms with E-state index in [2.05, 4.69) is 10.1 Å². The third-order valence-electron chi connectivity index (χ3n) is 4.47. The van der Waals surface area contributed by atoms with E-state index in [1.807, 2.05) is 0 Å². The van der Waals surface area contributed by atoms with Gasteiger partial charge in [0.2, 0.25) is 0 Å². The summed E-state index contributed by atoms with van der Waals surface area (Å²) in [6.07, 6.45) is 4.88. The molecule has 0 radical (unpaired) electrons. The summed E-state index contributed by atoms with van der Waals surface area (Å²) in [6.45, 7) is 0.0926. The van der Waals surface area contributed by atoms with Crippen molar-refractivity contribution in [2.45, 2.75) is 6.42 Å². The van der Waals surface area contributed by atoms with E-state index in [9.17, 15) is 9.59 Å². The molecule has 3 N–H and O–H groups in total. The van der Waals surface area contributed by atoms with Crippen molar-refractivity contribution in [2.24, 2.45) is 5.73 Å². The van der Waals surface area contributed by atoms with Gasteiger partial charge in [0.05, 0.1) is 18.4 Å². The zero-order valence-electron chi connectivity index (χ0n) is 15.8. The summed E-state index contributed by atoms with van der Waals surface area (Å²) in [7, 11) is 0. The van der Waals surface area contributed by atoms with Gasteiger partial charge in [-0.15, -0.1) is 0 Å². The minimum atomic E-state index is -0.764. The third-order valence-corrected chi connectivity index (χ3v) is 4.47. The predicted octanol–water partition coefficient (Wildman–Crippen LogP) is 1.96. The lowest BCUT2D eigenvalue weighted by atomic mass is 10.0. The molecule has 0 bridgehead atoms. The molecule has 4 rings (SSSR count). The fraction of sp³-hybridized carbons (Fsp3) is 0.143. The molecule has 9 heteroatoms. The van der Waals surface area contributed by atoms with Crippen molar-refractivity contribution >= 4 is 28.3 Å². The van der Waals surface area contributed by atoms with Gasteiger partial charge in [0.25, 0.3) is 5.91 Å². The molecule has 2 aromatic heterocycles. The molecule has 0 aliphatic rings. The smallest absolute Gasteiger partial charge is 0.349 e. The maximum atomic E-state index is 12.9. The topological polar surface area (TPSA) is 129 Å². The number of amides is 1. The van der Waals surface area contributed by atoms with E-state index in [1.165, 1.54) is 16.9 Å². The van der Waals surface area contributed by atoms with Crippen molar-refractivity contribution in [1.82, 2.24) is 14.6 Å². The molecule has 9 nitrogen and oxygen atoms in total. The Morgan fingerprint density at radius 3 is 2.83 bits per heavy atom. The zero-order chi connectivity index (χ0) is 21.1. The Morgan fingerprint density at radius 1 is 1.20 bits per heavy atom. The van der Waals surface area contributed by atoms with Crippen LogP contribution in [0.15, 0.2) is 55.0 Å². The Morgan fingerprint density at radius 2 is 2.03 bits per heavy atom. The lowest BCUT2D eigenvalue weighted by Crippen LogP contribution is -2.18. The summed E-state index contributed by atoms with van der Waals surface area (Å²) < 4.78 is 12.7. The Balaban J connectivity index is 1.82. The number of benzene rings is 2. The third kappa shape index (κ3) is 3.53. The number of aliphatic hydroxyl groups excluding tert-OH is 1. The van der Waals surface area contributed by atoms with Gasteiger partial charge in [-0.05, 0) is 22.9 Å². The van der Waals surface area contributed by atoms with Crippen molar-refractivity contribution in [3.63, 3.8) is 0 Å². The molecule has 0 fully saturated rings. The van der Waals surface area contributed by atoms with Gasteiger partial charge >= 0.3 is 5.97 Å². The zero-order valence-corrected chi connectivity index (χ0v) is 15.8. The molecular weight excluding hydrogens is 388 g/mol. The van der Waals surface area contributed by atoms with Gasteiger partial charge in [0.1, 0.15) is 5.56 Å². The highest BCUT2D eigenvalue weighted by Gasteiger charge is 2.25. The minimum absolute atomic E-state index is 0.0323. The number of ether oxygens (including phenoxy) is 2. The van der Waals surface area contributed by atoms with Crippen LogP contribution in [0.25, 0.3) is 16.4 Å². The Labute approximate surface area is 170 Å². The molecule has 0 aliphatic carbocycles. The van der Waals surface area contributed by atoms with Crippen LogP contribution in [0.3, 0.4) is 0 Å². The summed E-state index contributed by atoms with van der Waals surface area (Å²) in [4.78, 5) is 29.4. The van der Waals surface area contributed by atoms with Crippen LogP contribution in [-0.4, -0.2) is 44.8 Å². The lowest BCUT2D eigenvalue weighted by molar-refractivity contribution is 0.0727. The molecule has 2 heterocycles. The van der Waals surface area contributed by atoms with Crippen LogP contribution >= 0.6 is 0 Å². The normalized spacial score (nSPS) is 11.0. The second kappa shape index (κ2) is 8.18. The quantitative estimate of drug-likeness (QED) is 0.273. The summed E-state index contributed by atoms with van der Waals surface area (Å²) in [5.41, 5.74) is 6.10. The first-order chi connectivity index (χ1) is 14.6. The number of rotatable bonds is 7. The highest BCUT2D eigenvalue weighted by molar-refractivity contribution is 6.11. The summed E-state index contributed by atoms with van der Waals surface area (Å²) in [5.74, 6) is -1.43. The van der Waals surface area contributed by atoms with E-state index in [4.69, 9.17) is 20.3 Å². The molecule has 0 aliphatic heterocycles. The Kier molecular flexibility index (Phi) is 5.27. The number of nitrogens with zero attached hydrogens (tertiary/aromatic N) is 3. The SMILES string of the molecule is NC(=O)c1c(OC(=O)c2cnn3cccnc23)c(OCCCO)cc2ccccc12. The highest BCUT2D eigenvalue weighted by Crippen LogP contribution is 2.38. The number of fused-ring (bicyclic) bond motifs is 2. The molecule has 0 saturated heterocycles. The molecule has 0 saturated carbocycles. The fourth-order valence-corrected chi connectivity index (χ4v) is 3.12. The molecule has 4 aromatic rings. The summed E-state index contributed by atoms with van der Waals surface area (Å²) in [5, 5.41) is 14.3. The first kappa shape index (κ1) is 19.3. The van der Waals surface area contributed by atoms with Crippen molar-refractivity contribution in [2.75, 3.05) is 13.2 Å². The number of esters is 1. The summed E-state index contributed by atoms with van der Waals surface area (Å²) in [6, 6.07) is 10.4. The second-order valence-corrected chi connectivity index (χ2v) is 6.43. The van der Waals surface area contributed by atoms with Crippen LogP contribution in [0.2, 0.25) is 0 Å². The maximum absolute atomic E-state index is 12.9. The molecule has 0 spiro atoms. The highest BCUT2D eigenvalue weighted by atomic mass is 16.6. The molecular formula is C21H18N4O5. The molecule has 0 atom stereocenters. The van der Waals surface area contributed by atoms with Crippen LogP contribution < -0.4 is 15.2 Å². The van der Waals surface area contributed by atoms with E-state index in [0.29, 0.717) is 22.8 Å². The molecule has 152 valence electrons. The predicted molar refractivity (Wildman–Crippen MR) is 108 cm³/mol. The number of carbonyl (C=O) groups is 2. The Bertz CT molecular complexity index is 1250. The largest absolute Gasteiger partial charge is 0.490 e.